The van der Waals surface area contributed by atoms with Crippen molar-refractivity contribution in [1.29, 1.82) is 0 Å². The molecule has 0 saturated heterocycles. The van der Waals surface area contributed by atoms with E-state index in [0.717, 1.165) is 16.7 Å². The van der Waals surface area contributed by atoms with Gasteiger partial charge in [0, 0.05) is 11.6 Å². The summed E-state index contributed by atoms with van der Waals surface area (Å²) in [6.07, 6.45) is -0.566. The Morgan fingerprint density at radius 2 is 1.82 bits per heavy atom. The van der Waals surface area contributed by atoms with Gasteiger partial charge in [-0.2, -0.15) is 0 Å². The molecule has 0 aliphatic rings. The highest BCUT2D eigenvalue weighted by Gasteiger charge is 2.15. The lowest BCUT2D eigenvalue weighted by molar-refractivity contribution is -0.127. The first kappa shape index (κ1) is 16.4. The van der Waals surface area contributed by atoms with Crippen molar-refractivity contribution < 1.29 is 9.53 Å². The van der Waals surface area contributed by atoms with Crippen molar-refractivity contribution in [3.8, 4) is 5.75 Å². The molecule has 1 atom stereocenters. The van der Waals surface area contributed by atoms with E-state index in [1.54, 1.807) is 13.0 Å². The van der Waals surface area contributed by atoms with E-state index in [0.29, 0.717) is 17.3 Å². The molecule has 0 spiro atoms. The van der Waals surface area contributed by atoms with Crippen LogP contribution in [0.4, 0.5) is 0 Å². The van der Waals surface area contributed by atoms with Crippen LogP contribution in [0.15, 0.2) is 42.5 Å². The molecular formula is C18H20ClNO2. The van der Waals surface area contributed by atoms with Crippen molar-refractivity contribution in [3.05, 3.63) is 64.2 Å². The van der Waals surface area contributed by atoms with E-state index in [2.05, 4.69) is 11.4 Å². The first-order valence-corrected chi connectivity index (χ1v) is 7.59. The van der Waals surface area contributed by atoms with Crippen LogP contribution in [-0.4, -0.2) is 12.0 Å². The Hall–Kier alpha value is -2.00. The molecule has 0 fully saturated rings. The van der Waals surface area contributed by atoms with Crippen molar-refractivity contribution in [1.82, 2.24) is 5.32 Å². The number of amides is 1. The van der Waals surface area contributed by atoms with E-state index >= 15 is 0 Å². The minimum Gasteiger partial charge on any atom is -0.481 e. The Morgan fingerprint density at radius 1 is 1.18 bits per heavy atom. The van der Waals surface area contributed by atoms with Gasteiger partial charge in [0.15, 0.2) is 6.10 Å². The zero-order valence-corrected chi connectivity index (χ0v) is 13.8. The van der Waals surface area contributed by atoms with Gasteiger partial charge in [-0.15, -0.1) is 0 Å². The van der Waals surface area contributed by atoms with Crippen molar-refractivity contribution in [2.75, 3.05) is 0 Å². The van der Waals surface area contributed by atoms with Gasteiger partial charge in [0.1, 0.15) is 5.75 Å². The zero-order chi connectivity index (χ0) is 16.1. The Morgan fingerprint density at radius 3 is 2.45 bits per heavy atom. The second-order valence-corrected chi connectivity index (χ2v) is 5.80. The fraction of sp³-hybridized carbons (Fsp3) is 0.278. The minimum atomic E-state index is -0.566. The van der Waals surface area contributed by atoms with Crippen LogP contribution < -0.4 is 10.1 Å². The lowest BCUT2D eigenvalue weighted by Crippen LogP contribution is -2.36. The fourth-order valence-electron chi connectivity index (χ4n) is 2.23. The van der Waals surface area contributed by atoms with Crippen molar-refractivity contribution in [3.63, 3.8) is 0 Å². The predicted octanol–water partition coefficient (Wildman–Crippen LogP) is 4.04. The molecule has 0 heterocycles. The zero-order valence-electron chi connectivity index (χ0n) is 13.0. The molecule has 0 bridgehead atoms. The smallest absolute Gasteiger partial charge is 0.261 e. The van der Waals surface area contributed by atoms with E-state index in [-0.39, 0.29) is 5.91 Å². The molecule has 0 aromatic heterocycles. The van der Waals surface area contributed by atoms with Crippen molar-refractivity contribution in [2.45, 2.75) is 33.4 Å². The molecule has 116 valence electrons. The SMILES string of the molecule is Cc1cc(C)cc(O[C@@H](C)C(=O)NCc2ccccc2Cl)c1. The Kier molecular flexibility index (Phi) is 5.45. The molecule has 0 aliphatic carbocycles. The lowest BCUT2D eigenvalue weighted by atomic mass is 10.1. The standard InChI is InChI=1S/C18H20ClNO2/c1-12-8-13(2)10-16(9-12)22-14(3)18(21)20-11-15-6-4-5-7-17(15)19/h4-10,14H,11H2,1-3H3,(H,20,21)/t14-/m0/s1. The number of benzene rings is 2. The molecule has 0 saturated carbocycles. The second-order valence-electron chi connectivity index (χ2n) is 5.39. The van der Waals surface area contributed by atoms with E-state index < -0.39 is 6.10 Å². The quantitative estimate of drug-likeness (QED) is 0.903. The number of carbonyl (C=O) groups is 1. The van der Waals surface area contributed by atoms with E-state index in [9.17, 15) is 4.79 Å². The third-order valence-electron chi connectivity index (χ3n) is 3.29. The monoisotopic (exact) mass is 317 g/mol. The van der Waals surface area contributed by atoms with Gasteiger partial charge in [-0.25, -0.2) is 0 Å². The largest absolute Gasteiger partial charge is 0.481 e. The van der Waals surface area contributed by atoms with Gasteiger partial charge in [0.25, 0.3) is 5.91 Å². The molecule has 0 radical (unpaired) electrons. The average molecular weight is 318 g/mol. The molecule has 1 N–H and O–H groups in total. The minimum absolute atomic E-state index is 0.168. The summed E-state index contributed by atoms with van der Waals surface area (Å²) in [5.74, 6) is 0.539. The molecule has 0 unspecified atom stereocenters. The van der Waals surface area contributed by atoms with Gasteiger partial charge >= 0.3 is 0 Å². The van der Waals surface area contributed by atoms with Gasteiger partial charge in [-0.3, -0.25) is 4.79 Å². The molecule has 2 aromatic rings. The number of ether oxygens (including phenoxy) is 1. The summed E-state index contributed by atoms with van der Waals surface area (Å²) in [4.78, 5) is 12.1. The summed E-state index contributed by atoms with van der Waals surface area (Å²) < 4.78 is 5.71. The number of rotatable bonds is 5. The number of carbonyl (C=O) groups excluding carboxylic acids is 1. The highest BCUT2D eigenvalue weighted by atomic mass is 35.5. The summed E-state index contributed by atoms with van der Waals surface area (Å²) in [5, 5.41) is 3.48. The van der Waals surface area contributed by atoms with Gasteiger partial charge in [-0.1, -0.05) is 35.9 Å². The van der Waals surface area contributed by atoms with Crippen LogP contribution in [0.3, 0.4) is 0 Å². The number of aryl methyl sites for hydroxylation is 2. The lowest BCUT2D eigenvalue weighted by Gasteiger charge is -2.16. The van der Waals surface area contributed by atoms with Gasteiger partial charge in [-0.05, 0) is 55.7 Å². The van der Waals surface area contributed by atoms with Crippen LogP contribution >= 0.6 is 11.6 Å². The number of hydrogen-bond donors (Lipinski definition) is 1. The molecule has 1 amide bonds. The van der Waals surface area contributed by atoms with Crippen LogP contribution in [-0.2, 0) is 11.3 Å². The maximum Gasteiger partial charge on any atom is 0.261 e. The molecule has 2 rings (SSSR count). The normalized spacial score (nSPS) is 11.8. The maximum atomic E-state index is 12.1. The van der Waals surface area contributed by atoms with Crippen molar-refractivity contribution in [2.24, 2.45) is 0 Å². The highest BCUT2D eigenvalue weighted by Crippen LogP contribution is 2.18. The molecular weight excluding hydrogens is 298 g/mol. The summed E-state index contributed by atoms with van der Waals surface area (Å²) >= 11 is 6.07. The van der Waals surface area contributed by atoms with Gasteiger partial charge in [0.2, 0.25) is 0 Å². The van der Waals surface area contributed by atoms with Crippen LogP contribution in [0.5, 0.6) is 5.75 Å². The first-order valence-electron chi connectivity index (χ1n) is 7.22. The molecule has 4 heteroatoms. The van der Waals surface area contributed by atoms with E-state index in [1.165, 1.54) is 0 Å². The summed E-state index contributed by atoms with van der Waals surface area (Å²) in [6.45, 7) is 6.13. The molecule has 0 aliphatic heterocycles. The van der Waals surface area contributed by atoms with E-state index in [4.69, 9.17) is 16.3 Å². The Bertz CT molecular complexity index is 650. The molecule has 22 heavy (non-hydrogen) atoms. The third kappa shape index (κ3) is 4.50. The summed E-state index contributed by atoms with van der Waals surface area (Å²) in [5.41, 5.74) is 3.11. The first-order chi connectivity index (χ1) is 10.5. The highest BCUT2D eigenvalue weighted by molar-refractivity contribution is 6.31. The topological polar surface area (TPSA) is 38.3 Å². The molecule has 3 nitrogen and oxygen atoms in total. The number of hydrogen-bond acceptors (Lipinski definition) is 2. The third-order valence-corrected chi connectivity index (χ3v) is 3.66. The summed E-state index contributed by atoms with van der Waals surface area (Å²) in [7, 11) is 0. The van der Waals surface area contributed by atoms with E-state index in [1.807, 2.05) is 44.2 Å². The van der Waals surface area contributed by atoms with Gasteiger partial charge < -0.3 is 10.1 Å². The Balaban J connectivity index is 1.93. The van der Waals surface area contributed by atoms with Crippen LogP contribution in [0, 0.1) is 13.8 Å². The average Bonchev–Trinajstić information content (AvgIpc) is 2.45. The Labute approximate surface area is 136 Å². The van der Waals surface area contributed by atoms with Crippen LogP contribution in [0.25, 0.3) is 0 Å². The fourth-order valence-corrected chi connectivity index (χ4v) is 2.43. The van der Waals surface area contributed by atoms with Crippen LogP contribution in [0.1, 0.15) is 23.6 Å². The number of nitrogens with one attached hydrogen (secondary N) is 1. The molecule has 2 aromatic carbocycles. The van der Waals surface area contributed by atoms with Crippen molar-refractivity contribution >= 4 is 17.5 Å². The predicted molar refractivity (Wildman–Crippen MR) is 89.3 cm³/mol. The maximum absolute atomic E-state index is 12.1. The second kappa shape index (κ2) is 7.32. The number of halogens is 1. The summed E-state index contributed by atoms with van der Waals surface area (Å²) in [6, 6.07) is 13.4. The van der Waals surface area contributed by atoms with Crippen LogP contribution in [0.2, 0.25) is 5.02 Å². The van der Waals surface area contributed by atoms with Gasteiger partial charge in [0.05, 0.1) is 0 Å².